The molecule has 2 N–H and O–H groups in total. The monoisotopic (exact) mass is 472 g/mol. The lowest BCUT2D eigenvalue weighted by Crippen LogP contribution is -2.18. The van der Waals surface area contributed by atoms with Gasteiger partial charge in [0.2, 0.25) is 0 Å². The fourth-order valence-corrected chi connectivity index (χ4v) is 3.14. The van der Waals surface area contributed by atoms with Crippen LogP contribution in [0.5, 0.6) is 5.75 Å². The van der Waals surface area contributed by atoms with Crippen molar-refractivity contribution in [3.05, 3.63) is 87.4 Å². The molecule has 0 radical (unpaired) electrons. The topological polar surface area (TPSA) is 93.7 Å². The molecular formula is C23H18Cl2N2O5. The lowest BCUT2D eigenvalue weighted by molar-refractivity contribution is 0.0601. The summed E-state index contributed by atoms with van der Waals surface area (Å²) in [6.45, 7) is 0. The Hall–Kier alpha value is -3.55. The molecule has 0 aromatic heterocycles. The lowest BCUT2D eigenvalue weighted by Gasteiger charge is -2.13. The van der Waals surface area contributed by atoms with Crippen LogP contribution in [0.25, 0.3) is 0 Å². The standard InChI is InChI=1S/C23H18Cl2N2O5/c1-31-16-7-3-13(4-8-16)21(28)26-19-11-14(5-9-17(19)23(30)32-2)22(29)27-20-12-15(24)6-10-18(20)25/h3-12H,1-2H3,(H,26,28)(H,27,29). The summed E-state index contributed by atoms with van der Waals surface area (Å²) in [7, 11) is 2.74. The first-order valence-electron chi connectivity index (χ1n) is 9.26. The minimum Gasteiger partial charge on any atom is -0.497 e. The second kappa shape index (κ2) is 10.2. The number of methoxy groups -OCH3 is 2. The first-order valence-corrected chi connectivity index (χ1v) is 10.0. The van der Waals surface area contributed by atoms with E-state index < -0.39 is 17.8 Å². The van der Waals surface area contributed by atoms with Gasteiger partial charge in [0.25, 0.3) is 11.8 Å². The van der Waals surface area contributed by atoms with Gasteiger partial charge in [0.05, 0.1) is 36.2 Å². The number of hydrogen-bond donors (Lipinski definition) is 2. The van der Waals surface area contributed by atoms with Gasteiger partial charge in [-0.1, -0.05) is 23.2 Å². The molecule has 3 aromatic carbocycles. The summed E-state index contributed by atoms with van der Waals surface area (Å²) in [5.74, 6) is -1.06. The van der Waals surface area contributed by atoms with Crippen LogP contribution in [0.15, 0.2) is 60.7 Å². The van der Waals surface area contributed by atoms with Gasteiger partial charge < -0.3 is 20.1 Å². The van der Waals surface area contributed by atoms with Gasteiger partial charge in [0.15, 0.2) is 0 Å². The van der Waals surface area contributed by atoms with E-state index in [1.165, 1.54) is 38.5 Å². The fourth-order valence-electron chi connectivity index (χ4n) is 2.80. The number of benzene rings is 3. The molecule has 0 spiro atoms. The minimum atomic E-state index is -0.667. The zero-order valence-electron chi connectivity index (χ0n) is 17.1. The molecule has 2 amide bonds. The van der Waals surface area contributed by atoms with Crippen LogP contribution < -0.4 is 15.4 Å². The highest BCUT2D eigenvalue weighted by molar-refractivity contribution is 6.36. The van der Waals surface area contributed by atoms with Crippen LogP contribution in [0.3, 0.4) is 0 Å². The van der Waals surface area contributed by atoms with Crippen molar-refractivity contribution < 1.29 is 23.9 Å². The molecule has 0 atom stereocenters. The maximum Gasteiger partial charge on any atom is 0.339 e. The molecule has 0 aliphatic heterocycles. The second-order valence-electron chi connectivity index (χ2n) is 6.51. The van der Waals surface area contributed by atoms with Gasteiger partial charge in [-0.25, -0.2) is 4.79 Å². The SMILES string of the molecule is COC(=O)c1ccc(C(=O)Nc2cc(Cl)ccc2Cl)cc1NC(=O)c1ccc(OC)cc1. The Morgan fingerprint density at radius 2 is 1.38 bits per heavy atom. The molecule has 0 fully saturated rings. The summed E-state index contributed by atoms with van der Waals surface area (Å²) in [6, 6.07) is 15.3. The van der Waals surface area contributed by atoms with Crippen LogP contribution in [0.1, 0.15) is 31.1 Å². The van der Waals surface area contributed by atoms with E-state index in [0.29, 0.717) is 27.0 Å². The quantitative estimate of drug-likeness (QED) is 0.475. The summed E-state index contributed by atoms with van der Waals surface area (Å²) >= 11 is 12.1. The van der Waals surface area contributed by atoms with Gasteiger partial charge in [-0.15, -0.1) is 0 Å². The molecule has 0 saturated carbocycles. The smallest absolute Gasteiger partial charge is 0.339 e. The Labute approximate surface area is 194 Å². The molecule has 0 heterocycles. The number of carbonyl (C=O) groups is 3. The van der Waals surface area contributed by atoms with E-state index in [1.54, 1.807) is 36.4 Å². The van der Waals surface area contributed by atoms with Crippen LogP contribution in [0.2, 0.25) is 10.0 Å². The zero-order valence-corrected chi connectivity index (χ0v) is 18.6. The number of halogens is 2. The van der Waals surface area contributed by atoms with Crippen LogP contribution >= 0.6 is 23.2 Å². The van der Waals surface area contributed by atoms with Crippen LogP contribution in [0, 0.1) is 0 Å². The number of esters is 1. The number of hydrogen-bond acceptors (Lipinski definition) is 5. The Kier molecular flexibility index (Phi) is 7.35. The molecular weight excluding hydrogens is 455 g/mol. The van der Waals surface area contributed by atoms with Crippen molar-refractivity contribution in [1.82, 2.24) is 0 Å². The van der Waals surface area contributed by atoms with E-state index in [-0.39, 0.29) is 16.8 Å². The third-order valence-corrected chi connectivity index (χ3v) is 5.03. The van der Waals surface area contributed by atoms with Crippen molar-refractivity contribution in [1.29, 1.82) is 0 Å². The molecule has 0 unspecified atom stereocenters. The van der Waals surface area contributed by atoms with Crippen molar-refractivity contribution in [2.75, 3.05) is 24.9 Å². The number of rotatable bonds is 6. The van der Waals surface area contributed by atoms with Crippen LogP contribution in [-0.4, -0.2) is 32.0 Å². The Morgan fingerprint density at radius 1 is 0.750 bits per heavy atom. The van der Waals surface area contributed by atoms with Crippen molar-refractivity contribution in [3.8, 4) is 5.75 Å². The van der Waals surface area contributed by atoms with E-state index in [0.717, 1.165) is 0 Å². The van der Waals surface area contributed by atoms with Gasteiger partial charge in [0, 0.05) is 16.1 Å². The summed E-state index contributed by atoms with van der Waals surface area (Å²) in [4.78, 5) is 37.6. The first-order chi connectivity index (χ1) is 15.3. The van der Waals surface area contributed by atoms with Crippen LogP contribution in [-0.2, 0) is 4.74 Å². The molecule has 9 heteroatoms. The summed E-state index contributed by atoms with van der Waals surface area (Å²) in [5.41, 5.74) is 1.04. The second-order valence-corrected chi connectivity index (χ2v) is 7.36. The van der Waals surface area contributed by atoms with E-state index in [1.807, 2.05) is 0 Å². The molecule has 0 saturated heterocycles. The number of anilines is 2. The summed E-state index contributed by atoms with van der Waals surface area (Å²) < 4.78 is 9.86. The molecule has 0 bridgehead atoms. The number of amides is 2. The number of ether oxygens (including phenoxy) is 2. The maximum atomic E-state index is 12.8. The molecule has 3 aromatic rings. The Balaban J connectivity index is 1.90. The van der Waals surface area contributed by atoms with E-state index in [2.05, 4.69) is 10.6 Å². The summed E-state index contributed by atoms with van der Waals surface area (Å²) in [5, 5.41) is 6.02. The average molecular weight is 473 g/mol. The highest BCUT2D eigenvalue weighted by Gasteiger charge is 2.18. The minimum absolute atomic E-state index is 0.0895. The van der Waals surface area contributed by atoms with E-state index in [9.17, 15) is 14.4 Å². The molecule has 0 aliphatic carbocycles. The van der Waals surface area contributed by atoms with E-state index in [4.69, 9.17) is 32.7 Å². The predicted octanol–water partition coefficient (Wildman–Crippen LogP) is 5.29. The average Bonchev–Trinajstić information content (AvgIpc) is 2.80. The fraction of sp³-hybridized carbons (Fsp3) is 0.0870. The number of nitrogens with one attached hydrogen (secondary N) is 2. The van der Waals surface area contributed by atoms with Crippen molar-refractivity contribution in [2.45, 2.75) is 0 Å². The van der Waals surface area contributed by atoms with Crippen molar-refractivity contribution in [3.63, 3.8) is 0 Å². The maximum absolute atomic E-state index is 12.8. The number of carbonyl (C=O) groups excluding carboxylic acids is 3. The van der Waals surface area contributed by atoms with Gasteiger partial charge in [-0.2, -0.15) is 0 Å². The van der Waals surface area contributed by atoms with Crippen LogP contribution in [0.4, 0.5) is 11.4 Å². The summed E-state index contributed by atoms with van der Waals surface area (Å²) in [6.07, 6.45) is 0. The van der Waals surface area contributed by atoms with Gasteiger partial charge in [0.1, 0.15) is 5.75 Å². The van der Waals surface area contributed by atoms with Gasteiger partial charge >= 0.3 is 5.97 Å². The third kappa shape index (κ3) is 5.38. The van der Waals surface area contributed by atoms with Gasteiger partial charge in [-0.05, 0) is 60.7 Å². The van der Waals surface area contributed by atoms with E-state index >= 15 is 0 Å². The van der Waals surface area contributed by atoms with Crippen molar-refractivity contribution >= 4 is 52.4 Å². The largest absolute Gasteiger partial charge is 0.497 e. The highest BCUT2D eigenvalue weighted by atomic mass is 35.5. The predicted molar refractivity (Wildman–Crippen MR) is 123 cm³/mol. The molecule has 7 nitrogen and oxygen atoms in total. The third-order valence-electron chi connectivity index (χ3n) is 4.46. The highest BCUT2D eigenvalue weighted by Crippen LogP contribution is 2.27. The molecule has 3 rings (SSSR count). The molecule has 0 aliphatic rings. The van der Waals surface area contributed by atoms with Crippen molar-refractivity contribution in [2.24, 2.45) is 0 Å². The normalized spacial score (nSPS) is 10.2. The lowest BCUT2D eigenvalue weighted by atomic mass is 10.1. The molecule has 164 valence electrons. The Bertz CT molecular complexity index is 1180. The first kappa shape index (κ1) is 23.1. The molecule has 32 heavy (non-hydrogen) atoms. The Morgan fingerprint density at radius 3 is 2.03 bits per heavy atom. The zero-order chi connectivity index (χ0) is 23.3. The van der Waals surface area contributed by atoms with Gasteiger partial charge in [-0.3, -0.25) is 9.59 Å².